The molecule has 4 heteroatoms. The molecule has 92 valence electrons. The van der Waals surface area contributed by atoms with Gasteiger partial charge in [-0.1, -0.05) is 13.8 Å². The number of nitrogens with one attached hydrogen (secondary N) is 1. The molecule has 0 bridgehead atoms. The van der Waals surface area contributed by atoms with Crippen LogP contribution in [0.4, 0.5) is 0 Å². The monoisotopic (exact) mass is 241 g/mol. The minimum Gasteiger partial charge on any atom is -0.308 e. The summed E-state index contributed by atoms with van der Waals surface area (Å²) in [7, 11) is 4.11. The van der Waals surface area contributed by atoms with Gasteiger partial charge in [-0.25, -0.2) is 0 Å². The van der Waals surface area contributed by atoms with Gasteiger partial charge >= 0.3 is 0 Å². The van der Waals surface area contributed by atoms with Crippen LogP contribution in [0.15, 0.2) is 0 Å². The standard InChI is InChI=1S/C12H23N3S/c1-11(2)7-12(8-13,10-16-9-11)14-5-6-15(3)4/h14H,5-7,9-10H2,1-4H3. The van der Waals surface area contributed by atoms with Crippen LogP contribution in [-0.2, 0) is 0 Å². The molecule has 0 spiro atoms. The second-order valence-corrected chi connectivity index (χ2v) is 6.74. The summed E-state index contributed by atoms with van der Waals surface area (Å²) >= 11 is 1.89. The normalized spacial score (nSPS) is 29.0. The Morgan fingerprint density at radius 1 is 1.38 bits per heavy atom. The average molecular weight is 241 g/mol. The molecular formula is C12H23N3S. The summed E-state index contributed by atoms with van der Waals surface area (Å²) in [4.78, 5) is 2.14. The Morgan fingerprint density at radius 3 is 2.56 bits per heavy atom. The van der Waals surface area contributed by atoms with Gasteiger partial charge in [-0.15, -0.1) is 0 Å². The van der Waals surface area contributed by atoms with Gasteiger partial charge in [0.2, 0.25) is 0 Å². The van der Waals surface area contributed by atoms with Crippen LogP contribution in [0.5, 0.6) is 0 Å². The fourth-order valence-corrected chi connectivity index (χ4v) is 3.54. The molecule has 1 aliphatic heterocycles. The van der Waals surface area contributed by atoms with E-state index in [0.29, 0.717) is 0 Å². The molecule has 1 fully saturated rings. The van der Waals surface area contributed by atoms with Gasteiger partial charge in [0.15, 0.2) is 0 Å². The van der Waals surface area contributed by atoms with Crippen LogP contribution >= 0.6 is 11.8 Å². The fraction of sp³-hybridized carbons (Fsp3) is 0.917. The summed E-state index contributed by atoms with van der Waals surface area (Å²) in [5.41, 5.74) is -0.0494. The maximum absolute atomic E-state index is 9.40. The van der Waals surface area contributed by atoms with Crippen LogP contribution in [0.3, 0.4) is 0 Å². The van der Waals surface area contributed by atoms with Gasteiger partial charge in [0, 0.05) is 18.8 Å². The van der Waals surface area contributed by atoms with Crippen molar-refractivity contribution in [1.82, 2.24) is 10.2 Å². The van der Waals surface area contributed by atoms with Crippen molar-refractivity contribution in [2.24, 2.45) is 5.41 Å². The third-order valence-electron chi connectivity index (χ3n) is 2.86. The van der Waals surface area contributed by atoms with Crippen molar-refractivity contribution in [2.45, 2.75) is 25.8 Å². The molecule has 16 heavy (non-hydrogen) atoms. The minimum atomic E-state index is -0.317. The van der Waals surface area contributed by atoms with E-state index < -0.39 is 0 Å². The Bertz CT molecular complexity index is 270. The lowest BCUT2D eigenvalue weighted by atomic mass is 9.80. The van der Waals surface area contributed by atoms with Crippen LogP contribution in [0.1, 0.15) is 20.3 Å². The summed E-state index contributed by atoms with van der Waals surface area (Å²) in [5, 5.41) is 12.8. The highest BCUT2D eigenvalue weighted by Gasteiger charge is 2.40. The third-order valence-corrected chi connectivity index (χ3v) is 4.54. The zero-order chi connectivity index (χ0) is 12.2. The zero-order valence-corrected chi connectivity index (χ0v) is 11.7. The molecule has 0 amide bonds. The van der Waals surface area contributed by atoms with E-state index in [0.717, 1.165) is 31.0 Å². The number of thioether (sulfide) groups is 1. The van der Waals surface area contributed by atoms with Crippen molar-refractivity contribution in [3.63, 3.8) is 0 Å². The predicted octanol–water partition coefficient (Wildman–Crippen LogP) is 1.56. The highest BCUT2D eigenvalue weighted by Crippen LogP contribution is 2.38. The molecular weight excluding hydrogens is 218 g/mol. The largest absolute Gasteiger partial charge is 0.308 e. The van der Waals surface area contributed by atoms with Crippen molar-refractivity contribution < 1.29 is 0 Å². The second kappa shape index (κ2) is 5.39. The Kier molecular flexibility index (Phi) is 4.66. The zero-order valence-electron chi connectivity index (χ0n) is 10.8. The van der Waals surface area contributed by atoms with Crippen molar-refractivity contribution >= 4 is 11.8 Å². The first-order valence-corrected chi connectivity index (χ1v) is 6.93. The third kappa shape index (κ3) is 3.97. The SMILES string of the molecule is CN(C)CCNC1(C#N)CSCC(C)(C)C1. The van der Waals surface area contributed by atoms with Crippen molar-refractivity contribution in [1.29, 1.82) is 5.26 Å². The summed E-state index contributed by atoms with van der Waals surface area (Å²) in [6, 6.07) is 2.50. The highest BCUT2D eigenvalue weighted by atomic mass is 32.2. The first-order chi connectivity index (χ1) is 7.39. The molecule has 1 N–H and O–H groups in total. The molecule has 1 unspecified atom stereocenters. The summed E-state index contributed by atoms with van der Waals surface area (Å²) in [6.07, 6.45) is 0.955. The van der Waals surface area contributed by atoms with E-state index in [1.807, 2.05) is 11.8 Å². The number of nitrogens with zero attached hydrogens (tertiary/aromatic N) is 2. The quantitative estimate of drug-likeness (QED) is 0.811. The molecule has 0 aromatic heterocycles. The van der Waals surface area contributed by atoms with E-state index in [4.69, 9.17) is 0 Å². The molecule has 1 rings (SSSR count). The van der Waals surface area contributed by atoms with E-state index >= 15 is 0 Å². The molecule has 0 aromatic rings. The van der Waals surface area contributed by atoms with Crippen LogP contribution in [0, 0.1) is 16.7 Å². The van der Waals surface area contributed by atoms with Gasteiger partial charge in [0.25, 0.3) is 0 Å². The lowest BCUT2D eigenvalue weighted by molar-refractivity contribution is 0.262. The van der Waals surface area contributed by atoms with E-state index in [9.17, 15) is 5.26 Å². The molecule has 0 aromatic carbocycles. The van der Waals surface area contributed by atoms with Gasteiger partial charge in [0.1, 0.15) is 5.54 Å². The highest BCUT2D eigenvalue weighted by molar-refractivity contribution is 7.99. The maximum atomic E-state index is 9.40. The van der Waals surface area contributed by atoms with Crippen molar-refractivity contribution in [3.05, 3.63) is 0 Å². The Morgan fingerprint density at radius 2 is 2.06 bits per heavy atom. The first-order valence-electron chi connectivity index (χ1n) is 5.78. The number of nitriles is 1. The van der Waals surface area contributed by atoms with E-state index in [1.54, 1.807) is 0 Å². The van der Waals surface area contributed by atoms with Crippen LogP contribution in [0.2, 0.25) is 0 Å². The Balaban J connectivity index is 2.54. The number of rotatable bonds is 4. The topological polar surface area (TPSA) is 39.1 Å². The van der Waals surface area contributed by atoms with Gasteiger partial charge < -0.3 is 4.90 Å². The molecule has 0 aliphatic carbocycles. The molecule has 1 heterocycles. The lowest BCUT2D eigenvalue weighted by Crippen LogP contribution is -2.53. The summed E-state index contributed by atoms with van der Waals surface area (Å²) < 4.78 is 0. The second-order valence-electron chi connectivity index (χ2n) is 5.76. The summed E-state index contributed by atoms with van der Waals surface area (Å²) in [6.45, 7) is 6.36. The predicted molar refractivity (Wildman–Crippen MR) is 70.6 cm³/mol. The summed E-state index contributed by atoms with van der Waals surface area (Å²) in [5.74, 6) is 2.08. The molecule has 0 radical (unpaired) electrons. The molecule has 1 aliphatic rings. The van der Waals surface area contributed by atoms with Crippen molar-refractivity contribution in [2.75, 3.05) is 38.7 Å². The van der Waals surface area contributed by atoms with Gasteiger partial charge in [-0.05, 0) is 31.7 Å². The van der Waals surface area contributed by atoms with Gasteiger partial charge in [0.05, 0.1) is 6.07 Å². The van der Waals surface area contributed by atoms with Gasteiger partial charge in [-0.3, -0.25) is 5.32 Å². The lowest BCUT2D eigenvalue weighted by Gasteiger charge is -2.40. The fourth-order valence-electron chi connectivity index (χ4n) is 2.16. The first kappa shape index (κ1) is 13.8. The van der Waals surface area contributed by atoms with Crippen LogP contribution in [0.25, 0.3) is 0 Å². The van der Waals surface area contributed by atoms with E-state index in [1.165, 1.54) is 0 Å². The van der Waals surface area contributed by atoms with Gasteiger partial charge in [-0.2, -0.15) is 17.0 Å². The number of hydrogen-bond acceptors (Lipinski definition) is 4. The molecule has 1 saturated heterocycles. The van der Waals surface area contributed by atoms with E-state index in [-0.39, 0.29) is 11.0 Å². The number of likely N-dealkylation sites (N-methyl/N-ethyl adjacent to an activating group) is 1. The van der Waals surface area contributed by atoms with Crippen molar-refractivity contribution in [3.8, 4) is 6.07 Å². The Hall–Kier alpha value is -0.240. The molecule has 1 atom stereocenters. The Labute approximate surface area is 104 Å². The minimum absolute atomic E-state index is 0.268. The maximum Gasteiger partial charge on any atom is 0.116 e. The van der Waals surface area contributed by atoms with E-state index in [2.05, 4.69) is 44.2 Å². The van der Waals surface area contributed by atoms with Crippen LogP contribution < -0.4 is 5.32 Å². The average Bonchev–Trinajstić information content (AvgIpc) is 2.15. The van der Waals surface area contributed by atoms with Crippen LogP contribution in [-0.4, -0.2) is 49.1 Å². The number of hydrogen-bond donors (Lipinski definition) is 1. The molecule has 3 nitrogen and oxygen atoms in total. The smallest absolute Gasteiger partial charge is 0.116 e. The molecule has 0 saturated carbocycles.